The number of alkyl halides is 6. The van der Waals surface area contributed by atoms with Gasteiger partial charge in [0.05, 0.1) is 0 Å². The zero-order valence-electron chi connectivity index (χ0n) is 13.6. The average molecular weight is 410 g/mol. The van der Waals surface area contributed by atoms with E-state index in [2.05, 4.69) is 9.05 Å². The van der Waals surface area contributed by atoms with E-state index in [-0.39, 0.29) is 0 Å². The normalized spacial score (nSPS) is 14.9. The fourth-order valence-corrected chi connectivity index (χ4v) is 5.14. The summed E-state index contributed by atoms with van der Waals surface area (Å²) in [5.41, 5.74) is 0.335. The van der Waals surface area contributed by atoms with Crippen LogP contribution in [0.5, 0.6) is 0 Å². The van der Waals surface area contributed by atoms with Crippen molar-refractivity contribution in [2.45, 2.75) is 18.0 Å². The first-order chi connectivity index (χ1) is 12.5. The summed E-state index contributed by atoms with van der Waals surface area (Å²) in [5.74, 6) is 0. The van der Waals surface area contributed by atoms with Crippen molar-refractivity contribution in [2.75, 3.05) is 13.2 Å². The summed E-state index contributed by atoms with van der Waals surface area (Å²) < 4.78 is 97.9. The van der Waals surface area contributed by atoms with Crippen LogP contribution in [0.25, 0.3) is 11.1 Å². The van der Waals surface area contributed by atoms with E-state index >= 15 is 0 Å². The molecule has 3 nitrogen and oxygen atoms in total. The van der Waals surface area contributed by atoms with Crippen LogP contribution in [-0.2, 0) is 13.6 Å². The van der Waals surface area contributed by atoms with Crippen LogP contribution in [0.2, 0.25) is 0 Å². The van der Waals surface area contributed by atoms with Gasteiger partial charge in [-0.1, -0.05) is 48.5 Å². The molecular weight excluding hydrogens is 397 g/mol. The Labute approximate surface area is 150 Å². The molecule has 1 aliphatic rings. The summed E-state index contributed by atoms with van der Waals surface area (Å²) in [6, 6.07) is 12.7. The highest BCUT2D eigenvalue weighted by atomic mass is 31.2. The van der Waals surface area contributed by atoms with Gasteiger partial charge in [-0.15, -0.1) is 0 Å². The minimum atomic E-state index is -4.88. The van der Waals surface area contributed by atoms with Gasteiger partial charge in [0.25, 0.3) is 0 Å². The van der Waals surface area contributed by atoms with Gasteiger partial charge in [-0.25, -0.2) is 0 Å². The Morgan fingerprint density at radius 2 is 1.11 bits per heavy atom. The summed E-state index contributed by atoms with van der Waals surface area (Å²) >= 11 is 0. The molecule has 2 aromatic carbocycles. The number of fused-ring (bicyclic) bond motifs is 3. The van der Waals surface area contributed by atoms with Gasteiger partial charge in [-0.3, -0.25) is 13.6 Å². The maximum Gasteiger partial charge on any atom is 0.412 e. The Morgan fingerprint density at radius 3 is 1.48 bits per heavy atom. The van der Waals surface area contributed by atoms with Crippen molar-refractivity contribution in [1.29, 1.82) is 0 Å². The second-order valence-electron chi connectivity index (χ2n) is 5.89. The third kappa shape index (κ3) is 4.36. The zero-order chi connectivity index (χ0) is 19.9. The van der Waals surface area contributed by atoms with E-state index < -0.39 is 38.8 Å². The minimum Gasteiger partial charge on any atom is -0.298 e. The van der Waals surface area contributed by atoms with E-state index in [1.807, 2.05) is 0 Å². The molecule has 0 N–H and O–H groups in total. The van der Waals surface area contributed by atoms with Crippen molar-refractivity contribution < 1.29 is 40.0 Å². The van der Waals surface area contributed by atoms with Crippen LogP contribution in [-0.4, -0.2) is 25.6 Å². The maximum atomic E-state index is 13.2. The van der Waals surface area contributed by atoms with Gasteiger partial charge in [-0.2, -0.15) is 26.3 Å². The number of hydrogen-bond donors (Lipinski definition) is 0. The quantitative estimate of drug-likeness (QED) is 0.441. The summed E-state index contributed by atoms with van der Waals surface area (Å²) in [6.07, 6.45) is -9.76. The average Bonchev–Trinajstić information content (AvgIpc) is 2.92. The molecule has 0 radical (unpaired) electrons. The highest BCUT2D eigenvalue weighted by Crippen LogP contribution is 2.68. The standard InChI is InChI=1S/C17H13F6O3P/c18-16(19,20)9-25-27(24,26-10-17(21,22)23)15-13-7-3-1-5-11(13)12-6-2-4-8-14(12)15/h1-8,15H,9-10H2. The van der Waals surface area contributed by atoms with Crippen LogP contribution in [0.3, 0.4) is 0 Å². The molecule has 0 amide bonds. The number of rotatable bonds is 5. The third-order valence-corrected chi connectivity index (χ3v) is 6.10. The second kappa shape index (κ2) is 6.96. The predicted molar refractivity (Wildman–Crippen MR) is 85.3 cm³/mol. The van der Waals surface area contributed by atoms with Crippen LogP contribution < -0.4 is 0 Å². The number of hydrogen-bond acceptors (Lipinski definition) is 3. The lowest BCUT2D eigenvalue weighted by atomic mass is 10.1. The van der Waals surface area contributed by atoms with Crippen LogP contribution in [0.4, 0.5) is 26.3 Å². The molecule has 10 heteroatoms. The lowest BCUT2D eigenvalue weighted by Gasteiger charge is -2.26. The first-order valence-electron chi connectivity index (χ1n) is 7.71. The molecule has 27 heavy (non-hydrogen) atoms. The number of halogens is 6. The number of benzene rings is 2. The summed E-state index contributed by atoms with van der Waals surface area (Å²) in [5, 5.41) is 0. The fourth-order valence-electron chi connectivity index (χ4n) is 2.98. The van der Waals surface area contributed by atoms with E-state index in [0.717, 1.165) is 0 Å². The van der Waals surface area contributed by atoms with Crippen LogP contribution in [0, 0.1) is 0 Å². The molecule has 0 unspecified atom stereocenters. The van der Waals surface area contributed by atoms with Crippen molar-refractivity contribution in [3.63, 3.8) is 0 Å². The lowest BCUT2D eigenvalue weighted by molar-refractivity contribution is -0.165. The minimum absolute atomic E-state index is 0.298. The van der Waals surface area contributed by atoms with E-state index in [1.54, 1.807) is 36.4 Å². The van der Waals surface area contributed by atoms with E-state index in [0.29, 0.717) is 22.3 Å². The monoisotopic (exact) mass is 410 g/mol. The molecule has 0 saturated heterocycles. The van der Waals surface area contributed by atoms with Gasteiger partial charge >= 0.3 is 19.9 Å². The predicted octanol–water partition coefficient (Wildman–Crippen LogP) is 6.11. The van der Waals surface area contributed by atoms with Crippen LogP contribution in [0.1, 0.15) is 16.8 Å². The Balaban J connectivity index is 2.07. The molecule has 2 aromatic rings. The zero-order valence-corrected chi connectivity index (χ0v) is 14.4. The first-order valence-corrected chi connectivity index (χ1v) is 9.32. The Morgan fingerprint density at radius 1 is 0.741 bits per heavy atom. The molecule has 0 aromatic heterocycles. The molecule has 3 rings (SSSR count). The fraction of sp³-hybridized carbons (Fsp3) is 0.294. The molecule has 0 fully saturated rings. The molecule has 1 aliphatic carbocycles. The van der Waals surface area contributed by atoms with Gasteiger partial charge in [-0.05, 0) is 22.3 Å². The van der Waals surface area contributed by atoms with Crippen molar-refractivity contribution in [1.82, 2.24) is 0 Å². The van der Waals surface area contributed by atoms with Crippen molar-refractivity contribution in [3.8, 4) is 11.1 Å². The SMILES string of the molecule is O=P(OCC(F)(F)F)(OCC(F)(F)F)C1c2ccccc2-c2ccccc21. The van der Waals surface area contributed by atoms with Crippen molar-refractivity contribution >= 4 is 7.60 Å². The topological polar surface area (TPSA) is 35.5 Å². The van der Waals surface area contributed by atoms with Crippen LogP contribution >= 0.6 is 7.60 Å². The highest BCUT2D eigenvalue weighted by Gasteiger charge is 2.48. The third-order valence-electron chi connectivity index (χ3n) is 3.93. The van der Waals surface area contributed by atoms with Crippen molar-refractivity contribution in [3.05, 3.63) is 59.7 Å². The summed E-state index contributed by atoms with van der Waals surface area (Å²) in [6.45, 7) is -3.97. The van der Waals surface area contributed by atoms with Gasteiger partial charge < -0.3 is 0 Å². The molecule has 0 spiro atoms. The van der Waals surface area contributed by atoms with Gasteiger partial charge in [0.15, 0.2) is 13.2 Å². The molecule has 0 heterocycles. The molecule has 0 atom stereocenters. The molecule has 0 aliphatic heterocycles. The second-order valence-corrected chi connectivity index (χ2v) is 8.01. The summed E-state index contributed by atoms with van der Waals surface area (Å²) in [7, 11) is -4.86. The van der Waals surface area contributed by atoms with Crippen LogP contribution in [0.15, 0.2) is 48.5 Å². The van der Waals surface area contributed by atoms with Gasteiger partial charge in [0.1, 0.15) is 5.66 Å². The maximum absolute atomic E-state index is 13.2. The molecule has 0 saturated carbocycles. The van der Waals surface area contributed by atoms with Crippen molar-refractivity contribution in [2.24, 2.45) is 0 Å². The lowest BCUT2D eigenvalue weighted by Crippen LogP contribution is -2.21. The van der Waals surface area contributed by atoms with Gasteiger partial charge in [0.2, 0.25) is 0 Å². The van der Waals surface area contributed by atoms with Gasteiger partial charge in [0, 0.05) is 0 Å². The molecule has 0 bridgehead atoms. The van der Waals surface area contributed by atoms with E-state index in [4.69, 9.17) is 0 Å². The smallest absolute Gasteiger partial charge is 0.298 e. The Bertz CT molecular complexity index is 810. The Hall–Kier alpha value is -1.83. The molecular formula is C17H13F6O3P. The van der Waals surface area contributed by atoms with E-state index in [1.165, 1.54) is 12.1 Å². The Kier molecular flexibility index (Phi) is 5.14. The largest absolute Gasteiger partial charge is 0.412 e. The van der Waals surface area contributed by atoms with E-state index in [9.17, 15) is 30.9 Å². The summed E-state index contributed by atoms with van der Waals surface area (Å²) in [4.78, 5) is 0. The highest BCUT2D eigenvalue weighted by molar-refractivity contribution is 7.54. The first kappa shape index (κ1) is 19.9. The molecule has 146 valence electrons.